The van der Waals surface area contributed by atoms with Crippen molar-refractivity contribution < 1.29 is 9.53 Å². The van der Waals surface area contributed by atoms with Crippen molar-refractivity contribution in [2.24, 2.45) is 5.92 Å². The van der Waals surface area contributed by atoms with Crippen molar-refractivity contribution in [3.63, 3.8) is 0 Å². The number of amides is 1. The summed E-state index contributed by atoms with van der Waals surface area (Å²) in [5.74, 6) is 0.440. The van der Waals surface area contributed by atoms with Gasteiger partial charge in [0.15, 0.2) is 0 Å². The molecule has 1 fully saturated rings. The lowest BCUT2D eigenvalue weighted by Crippen LogP contribution is -2.31. The number of carbonyl (C=O) groups is 1. The standard InChI is InChI=1S/C16H23NO2/c1-19-12-15-10-6-5-9-14(15)11-17-16(18)13-7-3-2-4-8-13/h5-6,9-10,13H,2-4,7-8,11-12H2,1H3,(H,17,18). The molecule has 1 amide bonds. The lowest BCUT2D eigenvalue weighted by Gasteiger charge is -2.21. The van der Waals surface area contributed by atoms with Crippen molar-refractivity contribution in [1.82, 2.24) is 5.32 Å². The quantitative estimate of drug-likeness (QED) is 0.884. The molecule has 0 aromatic heterocycles. The monoisotopic (exact) mass is 261 g/mol. The van der Waals surface area contributed by atoms with Crippen LogP contribution in [0.4, 0.5) is 0 Å². The lowest BCUT2D eigenvalue weighted by atomic mass is 9.88. The van der Waals surface area contributed by atoms with Crippen LogP contribution in [0.15, 0.2) is 24.3 Å². The van der Waals surface area contributed by atoms with Crippen LogP contribution < -0.4 is 5.32 Å². The van der Waals surface area contributed by atoms with Crippen molar-refractivity contribution in [3.8, 4) is 0 Å². The van der Waals surface area contributed by atoms with E-state index in [1.54, 1.807) is 7.11 Å². The van der Waals surface area contributed by atoms with Crippen molar-refractivity contribution in [3.05, 3.63) is 35.4 Å². The molecule has 0 aliphatic heterocycles. The van der Waals surface area contributed by atoms with Crippen LogP contribution >= 0.6 is 0 Å². The first-order chi connectivity index (χ1) is 9.31. The molecule has 0 radical (unpaired) electrons. The highest BCUT2D eigenvalue weighted by Gasteiger charge is 2.20. The molecule has 1 aliphatic carbocycles. The van der Waals surface area contributed by atoms with Gasteiger partial charge in [-0.2, -0.15) is 0 Å². The fourth-order valence-electron chi connectivity index (χ4n) is 2.72. The summed E-state index contributed by atoms with van der Waals surface area (Å²) < 4.78 is 5.18. The summed E-state index contributed by atoms with van der Waals surface area (Å²) in [6.07, 6.45) is 5.76. The fourth-order valence-corrected chi connectivity index (χ4v) is 2.72. The molecule has 0 saturated heterocycles. The van der Waals surface area contributed by atoms with E-state index in [9.17, 15) is 4.79 Å². The maximum absolute atomic E-state index is 12.1. The third-order valence-electron chi connectivity index (χ3n) is 3.85. The second-order valence-corrected chi connectivity index (χ2v) is 5.25. The molecule has 1 aliphatic rings. The average Bonchev–Trinajstić information content (AvgIpc) is 2.47. The molecule has 1 aromatic carbocycles. The number of carbonyl (C=O) groups excluding carboxylic acids is 1. The van der Waals surface area contributed by atoms with Gasteiger partial charge in [0.2, 0.25) is 5.91 Å². The summed E-state index contributed by atoms with van der Waals surface area (Å²) in [5, 5.41) is 3.07. The van der Waals surface area contributed by atoms with Gasteiger partial charge in [0, 0.05) is 19.6 Å². The highest BCUT2D eigenvalue weighted by Crippen LogP contribution is 2.23. The fraction of sp³-hybridized carbons (Fsp3) is 0.562. The zero-order valence-corrected chi connectivity index (χ0v) is 11.7. The van der Waals surface area contributed by atoms with Crippen LogP contribution in [0.2, 0.25) is 0 Å². The molecule has 1 aromatic rings. The predicted molar refractivity (Wildman–Crippen MR) is 75.6 cm³/mol. The van der Waals surface area contributed by atoms with E-state index in [0.717, 1.165) is 24.0 Å². The van der Waals surface area contributed by atoms with Crippen LogP contribution in [-0.2, 0) is 22.7 Å². The zero-order chi connectivity index (χ0) is 13.5. The molecule has 1 N–H and O–H groups in total. The number of ether oxygens (including phenoxy) is 1. The minimum absolute atomic E-state index is 0.215. The van der Waals surface area contributed by atoms with Gasteiger partial charge in [0.05, 0.1) is 6.61 Å². The third kappa shape index (κ3) is 4.06. The van der Waals surface area contributed by atoms with E-state index < -0.39 is 0 Å². The first kappa shape index (κ1) is 14.1. The molecule has 0 atom stereocenters. The molecule has 1 saturated carbocycles. The molecule has 104 valence electrons. The summed E-state index contributed by atoms with van der Waals surface area (Å²) in [6, 6.07) is 8.10. The van der Waals surface area contributed by atoms with Crippen LogP contribution in [0.3, 0.4) is 0 Å². The molecule has 19 heavy (non-hydrogen) atoms. The van der Waals surface area contributed by atoms with E-state index >= 15 is 0 Å². The van der Waals surface area contributed by atoms with E-state index in [-0.39, 0.29) is 11.8 Å². The summed E-state index contributed by atoms with van der Waals surface area (Å²) in [4.78, 5) is 12.1. The van der Waals surface area contributed by atoms with Crippen LogP contribution in [0.25, 0.3) is 0 Å². The topological polar surface area (TPSA) is 38.3 Å². The maximum Gasteiger partial charge on any atom is 0.223 e. The zero-order valence-electron chi connectivity index (χ0n) is 11.7. The number of methoxy groups -OCH3 is 1. The molecule has 0 unspecified atom stereocenters. The van der Waals surface area contributed by atoms with E-state index in [0.29, 0.717) is 13.2 Å². The van der Waals surface area contributed by atoms with E-state index in [1.165, 1.54) is 19.3 Å². The first-order valence-electron chi connectivity index (χ1n) is 7.14. The summed E-state index contributed by atoms with van der Waals surface area (Å²) in [7, 11) is 1.69. The summed E-state index contributed by atoms with van der Waals surface area (Å²) in [5.41, 5.74) is 2.29. The third-order valence-corrected chi connectivity index (χ3v) is 3.85. The molecule has 3 nitrogen and oxygen atoms in total. The lowest BCUT2D eigenvalue weighted by molar-refractivity contribution is -0.126. The Balaban J connectivity index is 1.89. The van der Waals surface area contributed by atoms with E-state index in [2.05, 4.69) is 11.4 Å². The molecule has 3 heteroatoms. The van der Waals surface area contributed by atoms with E-state index in [4.69, 9.17) is 4.74 Å². The second kappa shape index (κ2) is 7.29. The minimum Gasteiger partial charge on any atom is -0.380 e. The summed E-state index contributed by atoms with van der Waals surface area (Å²) in [6.45, 7) is 1.20. The number of hydrogen-bond acceptors (Lipinski definition) is 2. The highest BCUT2D eigenvalue weighted by molar-refractivity contribution is 5.78. The highest BCUT2D eigenvalue weighted by atomic mass is 16.5. The number of nitrogens with one attached hydrogen (secondary N) is 1. The smallest absolute Gasteiger partial charge is 0.223 e. The van der Waals surface area contributed by atoms with Gasteiger partial charge >= 0.3 is 0 Å². The van der Waals surface area contributed by atoms with Crippen LogP contribution in [0, 0.1) is 5.92 Å². The molecule has 0 heterocycles. The van der Waals surface area contributed by atoms with E-state index in [1.807, 2.05) is 18.2 Å². The molecular formula is C16H23NO2. The first-order valence-corrected chi connectivity index (χ1v) is 7.14. The van der Waals surface area contributed by atoms with Crippen molar-refractivity contribution in [1.29, 1.82) is 0 Å². The van der Waals surface area contributed by atoms with Gasteiger partial charge in [0.1, 0.15) is 0 Å². The Morgan fingerprint density at radius 1 is 1.21 bits per heavy atom. The van der Waals surface area contributed by atoms with Gasteiger partial charge < -0.3 is 10.1 Å². The van der Waals surface area contributed by atoms with Gasteiger partial charge in [0.25, 0.3) is 0 Å². The normalized spacial score (nSPS) is 16.3. The van der Waals surface area contributed by atoms with Crippen molar-refractivity contribution in [2.75, 3.05) is 7.11 Å². The number of hydrogen-bond donors (Lipinski definition) is 1. The van der Waals surface area contributed by atoms with Crippen LogP contribution in [0.1, 0.15) is 43.2 Å². The molecule has 0 spiro atoms. The second-order valence-electron chi connectivity index (χ2n) is 5.25. The maximum atomic E-state index is 12.1. The summed E-state index contributed by atoms with van der Waals surface area (Å²) >= 11 is 0. The predicted octanol–water partition coefficient (Wildman–Crippen LogP) is 3.03. The van der Waals surface area contributed by atoms with Crippen LogP contribution in [0.5, 0.6) is 0 Å². The van der Waals surface area contributed by atoms with Crippen molar-refractivity contribution in [2.45, 2.75) is 45.3 Å². The number of rotatable bonds is 5. The van der Waals surface area contributed by atoms with Crippen LogP contribution in [-0.4, -0.2) is 13.0 Å². The Labute approximate surface area is 115 Å². The molecular weight excluding hydrogens is 238 g/mol. The van der Waals surface area contributed by atoms with Gasteiger partial charge in [-0.1, -0.05) is 43.5 Å². The average molecular weight is 261 g/mol. The van der Waals surface area contributed by atoms with Crippen molar-refractivity contribution >= 4 is 5.91 Å². The Bertz CT molecular complexity index is 411. The van der Waals surface area contributed by atoms with Gasteiger partial charge in [-0.05, 0) is 24.0 Å². The number of benzene rings is 1. The molecule has 0 bridgehead atoms. The van der Waals surface area contributed by atoms with Gasteiger partial charge in [-0.25, -0.2) is 0 Å². The van der Waals surface area contributed by atoms with Gasteiger partial charge in [-0.3, -0.25) is 4.79 Å². The Morgan fingerprint density at radius 3 is 2.58 bits per heavy atom. The Hall–Kier alpha value is -1.35. The SMILES string of the molecule is COCc1ccccc1CNC(=O)C1CCCCC1. The Kier molecular flexibility index (Phi) is 5.40. The van der Waals surface area contributed by atoms with Gasteiger partial charge in [-0.15, -0.1) is 0 Å². The minimum atomic E-state index is 0.215. The Morgan fingerprint density at radius 2 is 1.89 bits per heavy atom. The molecule has 2 rings (SSSR count). The largest absolute Gasteiger partial charge is 0.380 e.